The molecule has 0 amide bonds. The highest BCUT2D eigenvalue weighted by molar-refractivity contribution is 5.41. The van der Waals surface area contributed by atoms with Crippen LogP contribution in [-0.4, -0.2) is 23.6 Å². The number of nitro benzene ring substituents is 1. The Labute approximate surface area is 91.4 Å². The highest BCUT2D eigenvalue weighted by Crippen LogP contribution is 2.29. The largest absolute Gasteiger partial charge is 0.482 e. The molecule has 0 bridgehead atoms. The third-order valence-electron chi connectivity index (χ3n) is 2.49. The van der Waals surface area contributed by atoms with Gasteiger partial charge in [-0.2, -0.15) is 4.39 Å². The van der Waals surface area contributed by atoms with Crippen LogP contribution in [0.1, 0.15) is 6.92 Å². The summed E-state index contributed by atoms with van der Waals surface area (Å²) in [6.45, 7) is 3.03. The van der Waals surface area contributed by atoms with E-state index >= 15 is 0 Å². The fraction of sp³-hybridized carbons (Fsp3) is 0.400. The molecule has 0 radical (unpaired) electrons. The number of nitrogens with zero attached hydrogens (tertiary/aromatic N) is 1. The second kappa shape index (κ2) is 3.71. The third kappa shape index (κ3) is 1.83. The SMILES string of the molecule is CC1(Oc2cccc([N+](=O)[O-])c2F)CNC1. The van der Waals surface area contributed by atoms with E-state index in [1.807, 2.05) is 6.92 Å². The van der Waals surface area contributed by atoms with Crippen molar-refractivity contribution in [3.8, 4) is 5.75 Å². The summed E-state index contributed by atoms with van der Waals surface area (Å²) in [7, 11) is 0. The van der Waals surface area contributed by atoms with Crippen LogP contribution in [0.25, 0.3) is 0 Å². The fourth-order valence-corrected chi connectivity index (χ4v) is 1.53. The first kappa shape index (κ1) is 10.8. The van der Waals surface area contributed by atoms with E-state index in [0.717, 1.165) is 6.07 Å². The maximum Gasteiger partial charge on any atom is 0.308 e. The van der Waals surface area contributed by atoms with Gasteiger partial charge in [-0.3, -0.25) is 10.1 Å². The van der Waals surface area contributed by atoms with Crippen molar-refractivity contribution in [2.24, 2.45) is 0 Å². The molecule has 1 heterocycles. The zero-order chi connectivity index (χ0) is 11.8. The van der Waals surface area contributed by atoms with Gasteiger partial charge in [-0.25, -0.2) is 0 Å². The number of nitro groups is 1. The van der Waals surface area contributed by atoms with Gasteiger partial charge >= 0.3 is 5.69 Å². The van der Waals surface area contributed by atoms with E-state index in [1.54, 1.807) is 0 Å². The van der Waals surface area contributed by atoms with Crippen molar-refractivity contribution in [3.05, 3.63) is 34.1 Å². The molecule has 5 nitrogen and oxygen atoms in total. The summed E-state index contributed by atoms with van der Waals surface area (Å²) in [5.74, 6) is -0.987. The van der Waals surface area contributed by atoms with Crippen LogP contribution >= 0.6 is 0 Å². The number of ether oxygens (including phenoxy) is 1. The molecule has 6 heteroatoms. The first-order valence-electron chi connectivity index (χ1n) is 4.84. The Morgan fingerprint density at radius 2 is 2.25 bits per heavy atom. The van der Waals surface area contributed by atoms with Crippen LogP contribution in [0, 0.1) is 15.9 Å². The van der Waals surface area contributed by atoms with Gasteiger partial charge in [0.2, 0.25) is 5.82 Å². The Bertz CT molecular complexity index is 432. The van der Waals surface area contributed by atoms with Crippen molar-refractivity contribution in [1.29, 1.82) is 0 Å². The summed E-state index contributed by atoms with van der Waals surface area (Å²) >= 11 is 0. The molecule has 2 rings (SSSR count). The summed E-state index contributed by atoms with van der Waals surface area (Å²) in [6, 6.07) is 3.92. The molecule has 0 unspecified atom stereocenters. The summed E-state index contributed by atoms with van der Waals surface area (Å²) in [6.07, 6.45) is 0. The van der Waals surface area contributed by atoms with Crippen molar-refractivity contribution in [2.45, 2.75) is 12.5 Å². The van der Waals surface area contributed by atoms with Crippen LogP contribution in [0.15, 0.2) is 18.2 Å². The van der Waals surface area contributed by atoms with Gasteiger partial charge in [0.1, 0.15) is 5.60 Å². The van der Waals surface area contributed by atoms with Crippen molar-refractivity contribution in [2.75, 3.05) is 13.1 Å². The normalized spacial score (nSPS) is 17.6. The quantitative estimate of drug-likeness (QED) is 0.626. The summed E-state index contributed by atoms with van der Waals surface area (Å²) < 4.78 is 19.0. The average Bonchev–Trinajstić information content (AvgIpc) is 2.18. The zero-order valence-corrected chi connectivity index (χ0v) is 8.70. The average molecular weight is 226 g/mol. The molecule has 1 fully saturated rings. The lowest BCUT2D eigenvalue weighted by Gasteiger charge is -2.39. The van der Waals surface area contributed by atoms with Gasteiger partial charge in [-0.05, 0) is 13.0 Å². The molecule has 1 saturated heterocycles. The van der Waals surface area contributed by atoms with Crippen LogP contribution in [-0.2, 0) is 0 Å². The summed E-state index contributed by atoms with van der Waals surface area (Å²) in [4.78, 5) is 9.76. The topological polar surface area (TPSA) is 64.4 Å². The van der Waals surface area contributed by atoms with E-state index in [0.29, 0.717) is 13.1 Å². The van der Waals surface area contributed by atoms with E-state index in [9.17, 15) is 14.5 Å². The predicted octanol–water partition coefficient (Wildman–Crippen LogP) is 1.47. The Morgan fingerprint density at radius 1 is 1.56 bits per heavy atom. The highest BCUT2D eigenvalue weighted by atomic mass is 19.1. The molecule has 0 saturated carbocycles. The van der Waals surface area contributed by atoms with Crippen molar-refractivity contribution in [3.63, 3.8) is 0 Å². The molecular weight excluding hydrogens is 215 g/mol. The summed E-state index contributed by atoms with van der Waals surface area (Å²) in [5, 5.41) is 13.5. The number of hydrogen-bond acceptors (Lipinski definition) is 4. The molecule has 1 N–H and O–H groups in total. The monoisotopic (exact) mass is 226 g/mol. The Hall–Kier alpha value is -1.69. The molecule has 86 valence electrons. The first-order chi connectivity index (χ1) is 7.52. The lowest BCUT2D eigenvalue weighted by molar-refractivity contribution is -0.387. The molecule has 1 aromatic carbocycles. The third-order valence-corrected chi connectivity index (χ3v) is 2.49. The van der Waals surface area contributed by atoms with E-state index in [4.69, 9.17) is 4.74 Å². The molecule has 0 atom stereocenters. The van der Waals surface area contributed by atoms with Crippen LogP contribution < -0.4 is 10.1 Å². The number of hydrogen-bond donors (Lipinski definition) is 1. The van der Waals surface area contributed by atoms with Gasteiger partial charge in [0, 0.05) is 19.2 Å². The van der Waals surface area contributed by atoms with Gasteiger partial charge in [-0.1, -0.05) is 6.07 Å². The van der Waals surface area contributed by atoms with E-state index in [2.05, 4.69) is 5.32 Å². The fourth-order valence-electron chi connectivity index (χ4n) is 1.53. The van der Waals surface area contributed by atoms with Gasteiger partial charge < -0.3 is 10.1 Å². The molecule has 16 heavy (non-hydrogen) atoms. The van der Waals surface area contributed by atoms with Crippen LogP contribution in [0.4, 0.5) is 10.1 Å². The van der Waals surface area contributed by atoms with Crippen LogP contribution in [0.5, 0.6) is 5.75 Å². The van der Waals surface area contributed by atoms with Crippen molar-refractivity contribution >= 4 is 5.69 Å². The molecule has 1 aromatic rings. The summed E-state index contributed by atoms with van der Waals surface area (Å²) in [5.41, 5.74) is -1.04. The lowest BCUT2D eigenvalue weighted by Crippen LogP contribution is -2.61. The van der Waals surface area contributed by atoms with Gasteiger partial charge in [0.05, 0.1) is 4.92 Å². The Balaban J connectivity index is 2.27. The van der Waals surface area contributed by atoms with Crippen LogP contribution in [0.3, 0.4) is 0 Å². The van der Waals surface area contributed by atoms with E-state index in [-0.39, 0.29) is 5.75 Å². The molecule has 0 aromatic heterocycles. The second-order valence-corrected chi connectivity index (χ2v) is 4.00. The van der Waals surface area contributed by atoms with Gasteiger partial charge in [0.15, 0.2) is 5.75 Å². The predicted molar refractivity (Wildman–Crippen MR) is 55.0 cm³/mol. The Morgan fingerprint density at radius 3 is 2.75 bits per heavy atom. The first-order valence-corrected chi connectivity index (χ1v) is 4.84. The minimum atomic E-state index is -0.916. The van der Waals surface area contributed by atoms with Crippen LogP contribution in [0.2, 0.25) is 0 Å². The molecule has 1 aliphatic heterocycles. The minimum Gasteiger partial charge on any atom is -0.482 e. The highest BCUT2D eigenvalue weighted by Gasteiger charge is 2.35. The smallest absolute Gasteiger partial charge is 0.308 e. The van der Waals surface area contributed by atoms with Crippen molar-refractivity contribution < 1.29 is 14.1 Å². The number of benzene rings is 1. The lowest BCUT2D eigenvalue weighted by atomic mass is 10.00. The van der Waals surface area contributed by atoms with Gasteiger partial charge in [-0.15, -0.1) is 0 Å². The number of nitrogens with one attached hydrogen (secondary N) is 1. The molecule has 0 spiro atoms. The molecule has 0 aliphatic carbocycles. The maximum absolute atomic E-state index is 13.6. The second-order valence-electron chi connectivity index (χ2n) is 4.00. The van der Waals surface area contributed by atoms with E-state index < -0.39 is 22.0 Å². The minimum absolute atomic E-state index is 0.0711. The number of rotatable bonds is 3. The Kier molecular flexibility index (Phi) is 2.51. The molecular formula is C10H11FN2O3. The standard InChI is InChI=1S/C10H11FN2O3/c1-10(5-12-6-10)16-8-4-2-3-7(9(8)11)13(14)15/h2-4,12H,5-6H2,1H3. The zero-order valence-electron chi connectivity index (χ0n) is 8.70. The number of halogens is 1. The molecule has 1 aliphatic rings. The maximum atomic E-state index is 13.6. The van der Waals surface area contributed by atoms with Crippen molar-refractivity contribution in [1.82, 2.24) is 5.32 Å². The van der Waals surface area contributed by atoms with Gasteiger partial charge in [0.25, 0.3) is 0 Å². The van der Waals surface area contributed by atoms with E-state index in [1.165, 1.54) is 12.1 Å².